The number of hydrogen-bond acceptors (Lipinski definition) is 9. The lowest BCUT2D eigenvalue weighted by molar-refractivity contribution is -0.137. The van der Waals surface area contributed by atoms with E-state index in [4.69, 9.17) is 16.3 Å². The summed E-state index contributed by atoms with van der Waals surface area (Å²) >= 11 is 6.00. The van der Waals surface area contributed by atoms with Crippen molar-refractivity contribution in [3.05, 3.63) is 65.2 Å². The number of benzene rings is 1. The Morgan fingerprint density at radius 2 is 1.82 bits per heavy atom. The molecule has 1 aromatic carbocycles. The third-order valence-electron chi connectivity index (χ3n) is 4.53. The minimum absolute atomic E-state index is 0.0317. The summed E-state index contributed by atoms with van der Waals surface area (Å²) in [6.07, 6.45) is 1.98. The maximum atomic E-state index is 11.8. The van der Waals surface area contributed by atoms with Crippen molar-refractivity contribution in [3.63, 3.8) is 0 Å². The molecule has 178 valence electrons. The number of halogens is 1. The van der Waals surface area contributed by atoms with Gasteiger partial charge in [-0.1, -0.05) is 18.2 Å². The highest BCUT2D eigenvalue weighted by atomic mass is 35.5. The summed E-state index contributed by atoms with van der Waals surface area (Å²) in [7, 11) is 3.16. The van der Waals surface area contributed by atoms with E-state index in [0.717, 1.165) is 5.69 Å². The Kier molecular flexibility index (Phi) is 8.52. The summed E-state index contributed by atoms with van der Waals surface area (Å²) < 4.78 is 5.17. The molecule has 2 aromatic heterocycles. The Morgan fingerprint density at radius 1 is 1.09 bits per heavy atom. The fourth-order valence-electron chi connectivity index (χ4n) is 2.82. The van der Waals surface area contributed by atoms with E-state index in [9.17, 15) is 14.7 Å². The van der Waals surface area contributed by atoms with Crippen LogP contribution in [0.15, 0.2) is 48.7 Å². The summed E-state index contributed by atoms with van der Waals surface area (Å²) in [6.45, 7) is 0.504. The lowest BCUT2D eigenvalue weighted by atomic mass is 10.1. The number of pyridine rings is 1. The van der Waals surface area contributed by atoms with E-state index in [1.165, 1.54) is 4.90 Å². The van der Waals surface area contributed by atoms with E-state index in [-0.39, 0.29) is 23.6 Å². The van der Waals surface area contributed by atoms with E-state index in [0.29, 0.717) is 24.3 Å². The number of rotatable bonds is 10. The predicted molar refractivity (Wildman–Crippen MR) is 126 cm³/mol. The molecule has 1 amide bonds. The number of carboxylic acid groups (broad SMARTS) is 1. The van der Waals surface area contributed by atoms with Crippen LogP contribution in [0.3, 0.4) is 0 Å². The summed E-state index contributed by atoms with van der Waals surface area (Å²) in [5, 5.41) is 15.4. The first-order chi connectivity index (χ1) is 16.3. The molecule has 0 saturated heterocycles. The van der Waals surface area contributed by atoms with Gasteiger partial charge in [-0.2, -0.15) is 15.0 Å². The summed E-state index contributed by atoms with van der Waals surface area (Å²) in [5.41, 5.74) is 1.61. The van der Waals surface area contributed by atoms with Crippen LogP contribution in [0.5, 0.6) is 5.75 Å². The number of aromatic nitrogens is 4. The van der Waals surface area contributed by atoms with Crippen LogP contribution in [0, 0.1) is 0 Å². The quantitative estimate of drug-likeness (QED) is 0.392. The van der Waals surface area contributed by atoms with Gasteiger partial charge in [0.1, 0.15) is 11.8 Å². The van der Waals surface area contributed by atoms with E-state index >= 15 is 0 Å². The minimum Gasteiger partial charge on any atom is -0.480 e. The smallest absolute Gasteiger partial charge is 0.414 e. The minimum atomic E-state index is -1.09. The molecule has 2 heterocycles. The van der Waals surface area contributed by atoms with Gasteiger partial charge in [-0.05, 0) is 41.4 Å². The second-order valence-corrected chi connectivity index (χ2v) is 7.73. The van der Waals surface area contributed by atoms with Gasteiger partial charge in [0, 0.05) is 45.4 Å². The first-order valence-corrected chi connectivity index (χ1v) is 10.7. The number of nitrogens with zero attached hydrogens (tertiary/aromatic N) is 5. The third-order valence-corrected chi connectivity index (χ3v) is 4.70. The molecule has 0 radical (unpaired) electrons. The molecule has 0 fully saturated rings. The van der Waals surface area contributed by atoms with Crippen molar-refractivity contribution in [2.45, 2.75) is 18.9 Å². The molecule has 3 rings (SSSR count). The highest BCUT2D eigenvalue weighted by Crippen LogP contribution is 2.16. The molecule has 0 bridgehead atoms. The number of carbonyl (C=O) groups is 2. The van der Waals surface area contributed by atoms with Gasteiger partial charge >= 0.3 is 12.1 Å². The Balaban J connectivity index is 1.62. The second-order valence-electron chi connectivity index (χ2n) is 7.40. The van der Waals surface area contributed by atoms with Crippen molar-refractivity contribution in [2.24, 2.45) is 0 Å². The molecule has 11 nitrogen and oxygen atoms in total. The van der Waals surface area contributed by atoms with Crippen molar-refractivity contribution < 1.29 is 19.4 Å². The summed E-state index contributed by atoms with van der Waals surface area (Å²) in [6, 6.07) is 11.2. The Morgan fingerprint density at radius 3 is 2.47 bits per heavy atom. The van der Waals surface area contributed by atoms with E-state index < -0.39 is 18.1 Å². The van der Waals surface area contributed by atoms with Crippen LogP contribution in [-0.2, 0) is 17.6 Å². The zero-order valence-corrected chi connectivity index (χ0v) is 19.4. The number of hydrogen-bond donors (Lipinski definition) is 3. The van der Waals surface area contributed by atoms with Crippen LogP contribution < -0.4 is 15.4 Å². The average molecular weight is 486 g/mol. The summed E-state index contributed by atoms with van der Waals surface area (Å²) in [5.74, 6) is -0.490. The fraction of sp³-hybridized carbons (Fsp3) is 0.273. The standard InChI is InChI=1S/C22H24ClN7O4/c1-30(2)22(33)34-16-8-6-14(7-9-16)13-17(18(31)32)26-21-28-19(23)27-20(29-21)25-12-10-15-5-3-4-11-24-15/h3-9,11,17H,10,12-13H2,1-2H3,(H,31,32)(H2,25,26,27,28,29)/t17-/m0/s1. The Bertz CT molecular complexity index is 1110. The number of nitrogens with one attached hydrogen (secondary N) is 2. The average Bonchev–Trinajstić information content (AvgIpc) is 2.80. The molecule has 0 unspecified atom stereocenters. The lowest BCUT2D eigenvalue weighted by Crippen LogP contribution is -2.32. The normalized spacial score (nSPS) is 11.4. The van der Waals surface area contributed by atoms with Crippen LogP contribution in [0.1, 0.15) is 11.3 Å². The van der Waals surface area contributed by atoms with Crippen molar-refractivity contribution in [2.75, 3.05) is 31.3 Å². The van der Waals surface area contributed by atoms with Gasteiger partial charge in [-0.3, -0.25) is 4.98 Å². The van der Waals surface area contributed by atoms with Gasteiger partial charge in [0.15, 0.2) is 0 Å². The van der Waals surface area contributed by atoms with Gasteiger partial charge < -0.3 is 25.4 Å². The molecule has 34 heavy (non-hydrogen) atoms. The largest absolute Gasteiger partial charge is 0.480 e. The van der Waals surface area contributed by atoms with Crippen molar-refractivity contribution in [3.8, 4) is 5.75 Å². The zero-order valence-electron chi connectivity index (χ0n) is 18.6. The number of carbonyl (C=O) groups excluding carboxylic acids is 1. The van der Waals surface area contributed by atoms with Crippen LogP contribution in [0.2, 0.25) is 5.28 Å². The van der Waals surface area contributed by atoms with Gasteiger partial charge in [-0.25, -0.2) is 9.59 Å². The second kappa shape index (κ2) is 11.8. The molecular formula is C22H24ClN7O4. The van der Waals surface area contributed by atoms with Gasteiger partial charge in [0.2, 0.25) is 17.2 Å². The van der Waals surface area contributed by atoms with Crippen LogP contribution in [0.25, 0.3) is 0 Å². The van der Waals surface area contributed by atoms with Gasteiger partial charge in [-0.15, -0.1) is 0 Å². The number of anilines is 2. The molecule has 3 N–H and O–H groups in total. The SMILES string of the molecule is CN(C)C(=O)Oc1ccc(C[C@H](Nc2nc(Cl)nc(NCCc3ccccn3)n2)C(=O)O)cc1. The zero-order chi connectivity index (χ0) is 24.5. The molecule has 3 aromatic rings. The number of carboxylic acids is 1. The molecule has 12 heteroatoms. The lowest BCUT2D eigenvalue weighted by Gasteiger charge is -2.16. The first kappa shape index (κ1) is 24.6. The molecule has 0 aliphatic carbocycles. The number of ether oxygens (including phenoxy) is 1. The van der Waals surface area contributed by atoms with Gasteiger partial charge in [0.05, 0.1) is 0 Å². The first-order valence-electron chi connectivity index (χ1n) is 10.3. The third kappa shape index (κ3) is 7.55. The van der Waals surface area contributed by atoms with E-state index in [1.807, 2.05) is 18.2 Å². The van der Waals surface area contributed by atoms with E-state index in [2.05, 4.69) is 30.6 Å². The highest BCUT2D eigenvalue weighted by molar-refractivity contribution is 6.28. The molecule has 0 aliphatic rings. The van der Waals surface area contributed by atoms with Crippen molar-refractivity contribution >= 4 is 35.6 Å². The van der Waals surface area contributed by atoms with Gasteiger partial charge in [0.25, 0.3) is 0 Å². The van der Waals surface area contributed by atoms with Crippen LogP contribution in [-0.4, -0.2) is 68.7 Å². The Hall–Kier alpha value is -3.99. The maximum absolute atomic E-state index is 11.8. The van der Waals surface area contributed by atoms with Crippen LogP contribution in [0.4, 0.5) is 16.7 Å². The number of aliphatic carboxylic acids is 1. The maximum Gasteiger partial charge on any atom is 0.414 e. The predicted octanol–water partition coefficient (Wildman–Crippen LogP) is 2.74. The number of amides is 1. The molecular weight excluding hydrogens is 462 g/mol. The summed E-state index contributed by atoms with van der Waals surface area (Å²) in [4.78, 5) is 41.2. The fourth-order valence-corrected chi connectivity index (χ4v) is 2.98. The topological polar surface area (TPSA) is 142 Å². The Labute approximate surface area is 201 Å². The molecule has 0 spiro atoms. The monoisotopic (exact) mass is 485 g/mol. The molecule has 0 aliphatic heterocycles. The molecule has 1 atom stereocenters. The van der Waals surface area contributed by atoms with E-state index in [1.54, 1.807) is 44.6 Å². The van der Waals surface area contributed by atoms with Crippen LogP contribution >= 0.6 is 11.6 Å². The molecule has 0 saturated carbocycles. The highest BCUT2D eigenvalue weighted by Gasteiger charge is 2.20. The van der Waals surface area contributed by atoms with Crippen molar-refractivity contribution in [1.29, 1.82) is 0 Å². The van der Waals surface area contributed by atoms with Crippen molar-refractivity contribution in [1.82, 2.24) is 24.8 Å².